The molecule has 2 aromatic rings. The number of piperidine rings is 1. The lowest BCUT2D eigenvalue weighted by atomic mass is 10.1. The standard InChI is InChI=1S/C17H20N4O3S2/c1-2-24-17(23)21-9-7-12(8-10-21)19-20-15(22)11-25-16-18-13-5-3-4-6-14(13)26-16/h3-6H,2,7-11H2,1H3,(H,20,22). The summed E-state index contributed by atoms with van der Waals surface area (Å²) in [5, 5.41) is 4.19. The van der Waals surface area contributed by atoms with Crippen molar-refractivity contribution in [1.29, 1.82) is 0 Å². The van der Waals surface area contributed by atoms with Gasteiger partial charge in [-0.1, -0.05) is 23.9 Å². The first kappa shape index (κ1) is 18.7. The fourth-order valence-corrected chi connectivity index (χ4v) is 4.35. The van der Waals surface area contributed by atoms with E-state index in [1.165, 1.54) is 11.8 Å². The van der Waals surface area contributed by atoms with Crippen LogP contribution in [-0.2, 0) is 9.53 Å². The van der Waals surface area contributed by atoms with Crippen molar-refractivity contribution in [3.63, 3.8) is 0 Å². The molecular formula is C17H20N4O3S2. The molecule has 7 nitrogen and oxygen atoms in total. The molecule has 138 valence electrons. The normalized spacial score (nSPS) is 14.3. The molecule has 0 saturated carbocycles. The third-order valence-electron chi connectivity index (χ3n) is 3.81. The molecule has 1 fully saturated rings. The van der Waals surface area contributed by atoms with Gasteiger partial charge in [-0.3, -0.25) is 4.79 Å². The Balaban J connectivity index is 1.42. The second kappa shape index (κ2) is 9.00. The summed E-state index contributed by atoms with van der Waals surface area (Å²) in [6.45, 7) is 3.29. The Bertz CT molecular complexity index is 778. The lowest BCUT2D eigenvalue weighted by Crippen LogP contribution is -2.39. The van der Waals surface area contributed by atoms with Gasteiger partial charge in [0, 0.05) is 31.6 Å². The minimum absolute atomic E-state index is 0.158. The van der Waals surface area contributed by atoms with Crippen LogP contribution in [0.1, 0.15) is 19.8 Å². The number of hydrogen-bond donors (Lipinski definition) is 1. The largest absolute Gasteiger partial charge is 0.450 e. The first-order valence-corrected chi connectivity index (χ1v) is 10.2. The van der Waals surface area contributed by atoms with Gasteiger partial charge < -0.3 is 9.64 Å². The summed E-state index contributed by atoms with van der Waals surface area (Å²) in [5.41, 5.74) is 4.44. The number of aromatic nitrogens is 1. The van der Waals surface area contributed by atoms with Crippen molar-refractivity contribution in [1.82, 2.24) is 15.3 Å². The number of hydrazone groups is 1. The summed E-state index contributed by atoms with van der Waals surface area (Å²) in [7, 11) is 0. The number of amides is 2. The second-order valence-electron chi connectivity index (χ2n) is 5.64. The summed E-state index contributed by atoms with van der Waals surface area (Å²) < 4.78 is 6.97. The number of hydrogen-bond acceptors (Lipinski definition) is 7. The Morgan fingerprint density at radius 2 is 2.12 bits per heavy atom. The highest BCUT2D eigenvalue weighted by molar-refractivity contribution is 8.01. The van der Waals surface area contributed by atoms with Crippen LogP contribution in [0.5, 0.6) is 0 Å². The van der Waals surface area contributed by atoms with Gasteiger partial charge in [-0.25, -0.2) is 15.2 Å². The average Bonchev–Trinajstić information content (AvgIpc) is 3.08. The van der Waals surface area contributed by atoms with Gasteiger partial charge in [-0.2, -0.15) is 5.10 Å². The molecule has 1 aliphatic rings. The van der Waals surface area contributed by atoms with E-state index in [1.54, 1.807) is 23.2 Å². The molecule has 1 saturated heterocycles. The SMILES string of the molecule is CCOC(=O)N1CCC(=NNC(=O)CSc2nc3ccccc3s2)CC1. The molecule has 0 spiro atoms. The van der Waals surface area contributed by atoms with Crippen LogP contribution in [0.4, 0.5) is 4.79 Å². The van der Waals surface area contributed by atoms with Crippen LogP contribution in [0.2, 0.25) is 0 Å². The number of fused-ring (bicyclic) bond motifs is 1. The molecular weight excluding hydrogens is 372 g/mol. The molecule has 9 heteroatoms. The number of benzene rings is 1. The van der Waals surface area contributed by atoms with E-state index >= 15 is 0 Å². The van der Waals surface area contributed by atoms with Gasteiger partial charge in [0.25, 0.3) is 5.91 Å². The fourth-order valence-electron chi connectivity index (χ4n) is 2.49. The predicted molar refractivity (Wildman–Crippen MR) is 104 cm³/mol. The van der Waals surface area contributed by atoms with Gasteiger partial charge in [0.15, 0.2) is 4.34 Å². The van der Waals surface area contributed by atoms with Crippen LogP contribution >= 0.6 is 23.1 Å². The lowest BCUT2D eigenvalue weighted by molar-refractivity contribution is -0.118. The number of rotatable bonds is 5. The third-order valence-corrected chi connectivity index (χ3v) is 5.99. The molecule has 0 bridgehead atoms. The van der Waals surface area contributed by atoms with E-state index in [0.717, 1.165) is 20.3 Å². The van der Waals surface area contributed by atoms with Crippen molar-refractivity contribution >= 4 is 51.0 Å². The quantitative estimate of drug-likeness (QED) is 0.624. The predicted octanol–water partition coefficient (Wildman–Crippen LogP) is 3.11. The molecule has 26 heavy (non-hydrogen) atoms. The van der Waals surface area contributed by atoms with Crippen LogP contribution in [0.3, 0.4) is 0 Å². The molecule has 2 amide bonds. The van der Waals surface area contributed by atoms with Gasteiger partial charge >= 0.3 is 6.09 Å². The summed E-state index contributed by atoms with van der Waals surface area (Å²) in [5.74, 6) is 0.112. The van der Waals surface area contributed by atoms with Gasteiger partial charge in [-0.05, 0) is 19.1 Å². The van der Waals surface area contributed by atoms with Crippen LogP contribution in [0.15, 0.2) is 33.7 Å². The van der Waals surface area contributed by atoms with Gasteiger partial charge in [0.2, 0.25) is 0 Å². The summed E-state index contributed by atoms with van der Waals surface area (Å²) in [6, 6.07) is 7.91. The second-order valence-corrected chi connectivity index (χ2v) is 7.89. The Morgan fingerprint density at radius 1 is 1.35 bits per heavy atom. The van der Waals surface area contributed by atoms with Gasteiger partial charge in [0.05, 0.1) is 22.6 Å². The van der Waals surface area contributed by atoms with Crippen LogP contribution in [0, 0.1) is 0 Å². The maximum Gasteiger partial charge on any atom is 0.409 e. The van der Waals surface area contributed by atoms with Crippen molar-refractivity contribution in [2.75, 3.05) is 25.4 Å². The van der Waals surface area contributed by atoms with E-state index in [9.17, 15) is 9.59 Å². The van der Waals surface area contributed by atoms with Crippen molar-refractivity contribution in [2.45, 2.75) is 24.1 Å². The molecule has 0 atom stereocenters. The maximum absolute atomic E-state index is 12.0. The van der Waals surface area contributed by atoms with Crippen molar-refractivity contribution in [3.05, 3.63) is 24.3 Å². The van der Waals surface area contributed by atoms with E-state index in [2.05, 4.69) is 15.5 Å². The molecule has 1 aromatic carbocycles. The number of para-hydroxylation sites is 1. The number of likely N-dealkylation sites (tertiary alicyclic amines) is 1. The molecule has 3 rings (SSSR count). The highest BCUT2D eigenvalue weighted by Crippen LogP contribution is 2.28. The van der Waals surface area contributed by atoms with E-state index < -0.39 is 0 Å². The van der Waals surface area contributed by atoms with Gasteiger partial charge in [-0.15, -0.1) is 11.3 Å². The minimum atomic E-state index is -0.289. The number of thioether (sulfide) groups is 1. The maximum atomic E-state index is 12.0. The van der Waals surface area contributed by atoms with E-state index in [4.69, 9.17) is 4.74 Å². The number of thiazole rings is 1. The average molecular weight is 393 g/mol. The Kier molecular flexibility index (Phi) is 6.45. The Morgan fingerprint density at radius 3 is 2.85 bits per heavy atom. The Labute approximate surface area is 159 Å². The Hall–Kier alpha value is -2.13. The highest BCUT2D eigenvalue weighted by atomic mass is 32.2. The molecule has 1 N–H and O–H groups in total. The summed E-state index contributed by atoms with van der Waals surface area (Å²) in [6.07, 6.45) is 0.997. The molecule has 0 aliphatic carbocycles. The lowest BCUT2D eigenvalue weighted by Gasteiger charge is -2.26. The fraction of sp³-hybridized carbons (Fsp3) is 0.412. The van der Waals surface area contributed by atoms with Crippen LogP contribution < -0.4 is 5.43 Å². The van der Waals surface area contributed by atoms with Crippen molar-refractivity contribution < 1.29 is 14.3 Å². The van der Waals surface area contributed by atoms with E-state index in [0.29, 0.717) is 32.5 Å². The molecule has 0 radical (unpaired) electrons. The number of nitrogens with zero attached hydrogens (tertiary/aromatic N) is 3. The first-order chi connectivity index (χ1) is 12.7. The number of carbonyl (C=O) groups is 2. The number of ether oxygens (including phenoxy) is 1. The van der Waals surface area contributed by atoms with Crippen LogP contribution in [-0.4, -0.2) is 53.0 Å². The zero-order chi connectivity index (χ0) is 18.4. The molecule has 1 aliphatic heterocycles. The van der Waals surface area contributed by atoms with Gasteiger partial charge in [0.1, 0.15) is 0 Å². The van der Waals surface area contributed by atoms with Crippen molar-refractivity contribution in [2.24, 2.45) is 5.10 Å². The topological polar surface area (TPSA) is 83.9 Å². The monoisotopic (exact) mass is 392 g/mol. The molecule has 1 aromatic heterocycles. The smallest absolute Gasteiger partial charge is 0.409 e. The minimum Gasteiger partial charge on any atom is -0.450 e. The number of nitrogens with one attached hydrogen (secondary N) is 1. The molecule has 0 unspecified atom stereocenters. The van der Waals surface area contributed by atoms with Crippen LogP contribution in [0.25, 0.3) is 10.2 Å². The zero-order valence-corrected chi connectivity index (χ0v) is 16.1. The van der Waals surface area contributed by atoms with Crippen molar-refractivity contribution in [3.8, 4) is 0 Å². The summed E-state index contributed by atoms with van der Waals surface area (Å²) in [4.78, 5) is 29.8. The molecule has 2 heterocycles. The zero-order valence-electron chi connectivity index (χ0n) is 14.4. The van der Waals surface area contributed by atoms with E-state index in [-0.39, 0.29) is 17.8 Å². The third kappa shape index (κ3) is 4.95. The number of carbonyl (C=O) groups excluding carboxylic acids is 2. The first-order valence-electron chi connectivity index (χ1n) is 8.40. The summed E-state index contributed by atoms with van der Waals surface area (Å²) >= 11 is 2.99. The highest BCUT2D eigenvalue weighted by Gasteiger charge is 2.20. The van der Waals surface area contributed by atoms with E-state index in [1.807, 2.05) is 24.3 Å².